The van der Waals surface area contributed by atoms with Crippen LogP contribution in [0.25, 0.3) is 0 Å². The smallest absolute Gasteiger partial charge is 0.242 e. The molecule has 0 aliphatic rings. The van der Waals surface area contributed by atoms with Crippen LogP contribution in [0, 0.1) is 6.92 Å². The molecule has 0 amide bonds. The Kier molecular flexibility index (Phi) is 4.42. The third kappa shape index (κ3) is 3.24. The third-order valence-electron chi connectivity index (χ3n) is 2.67. The fraction of sp³-hybridized carbons (Fsp3) is 0.333. The summed E-state index contributed by atoms with van der Waals surface area (Å²) in [7, 11) is -3.55. The Morgan fingerprint density at radius 3 is 2.74 bits per heavy atom. The van der Waals surface area contributed by atoms with Crippen molar-refractivity contribution in [2.75, 3.05) is 0 Å². The van der Waals surface area contributed by atoms with Gasteiger partial charge in [0.05, 0.1) is 17.5 Å². The zero-order valence-corrected chi connectivity index (χ0v) is 13.0. The van der Waals surface area contributed by atoms with Crippen molar-refractivity contribution in [3.05, 3.63) is 38.2 Å². The Labute approximate surface area is 120 Å². The number of hydrogen-bond acceptors (Lipinski definition) is 5. The van der Waals surface area contributed by atoms with Crippen molar-refractivity contribution in [2.24, 2.45) is 0 Å². The fourth-order valence-corrected chi connectivity index (χ4v) is 5.29. The second kappa shape index (κ2) is 5.72. The highest BCUT2D eigenvalue weighted by molar-refractivity contribution is 7.89. The number of aliphatic hydroxyl groups is 1. The maximum Gasteiger partial charge on any atom is 0.242 e. The van der Waals surface area contributed by atoms with Gasteiger partial charge in [-0.15, -0.1) is 22.7 Å². The van der Waals surface area contributed by atoms with E-state index in [-0.39, 0.29) is 17.5 Å². The average molecular weight is 317 g/mol. The average Bonchev–Trinajstić information content (AvgIpc) is 2.96. The highest BCUT2D eigenvalue weighted by Gasteiger charge is 2.22. The monoisotopic (exact) mass is 317 g/mol. The van der Waals surface area contributed by atoms with Gasteiger partial charge in [0.15, 0.2) is 0 Å². The van der Waals surface area contributed by atoms with E-state index in [1.807, 2.05) is 24.4 Å². The molecule has 0 saturated heterocycles. The van der Waals surface area contributed by atoms with E-state index in [4.69, 9.17) is 5.11 Å². The quantitative estimate of drug-likeness (QED) is 0.891. The Bertz CT molecular complexity index is 644. The molecule has 0 aliphatic heterocycles. The molecule has 2 aromatic rings. The standard InChI is InChI=1S/C12H15NO3S3/c1-8(11-4-3-5-17-11)13-19(15,16)12-6-10(7-14)18-9(12)2/h3-6,8,13-14H,7H2,1-2H3. The molecule has 7 heteroatoms. The molecule has 2 N–H and O–H groups in total. The Morgan fingerprint density at radius 1 is 1.47 bits per heavy atom. The highest BCUT2D eigenvalue weighted by atomic mass is 32.2. The molecule has 0 bridgehead atoms. The minimum atomic E-state index is -3.55. The van der Waals surface area contributed by atoms with Gasteiger partial charge < -0.3 is 5.11 Å². The Hall–Kier alpha value is -0.730. The van der Waals surface area contributed by atoms with E-state index < -0.39 is 10.0 Å². The van der Waals surface area contributed by atoms with E-state index in [0.29, 0.717) is 9.75 Å². The molecule has 19 heavy (non-hydrogen) atoms. The second-order valence-electron chi connectivity index (χ2n) is 4.15. The zero-order valence-electron chi connectivity index (χ0n) is 10.6. The van der Waals surface area contributed by atoms with Gasteiger partial charge in [0.25, 0.3) is 0 Å². The molecule has 1 atom stereocenters. The van der Waals surface area contributed by atoms with Gasteiger partial charge in [0.2, 0.25) is 10.0 Å². The summed E-state index contributed by atoms with van der Waals surface area (Å²) >= 11 is 2.82. The normalized spacial score (nSPS) is 13.6. The van der Waals surface area contributed by atoms with Crippen molar-refractivity contribution in [1.82, 2.24) is 4.72 Å². The van der Waals surface area contributed by atoms with Crippen molar-refractivity contribution in [2.45, 2.75) is 31.4 Å². The molecular formula is C12H15NO3S3. The molecule has 2 rings (SSSR count). The van der Waals surface area contributed by atoms with Crippen molar-refractivity contribution >= 4 is 32.7 Å². The minimum Gasteiger partial charge on any atom is -0.391 e. The van der Waals surface area contributed by atoms with E-state index in [9.17, 15) is 8.42 Å². The zero-order chi connectivity index (χ0) is 14.0. The molecule has 0 spiro atoms. The first-order chi connectivity index (χ1) is 8.94. The van der Waals surface area contributed by atoms with Gasteiger partial charge in [-0.1, -0.05) is 6.07 Å². The van der Waals surface area contributed by atoms with Crippen LogP contribution in [-0.2, 0) is 16.6 Å². The molecule has 104 valence electrons. The van der Waals surface area contributed by atoms with Crippen LogP contribution in [0.4, 0.5) is 0 Å². The van der Waals surface area contributed by atoms with Gasteiger partial charge in [0.1, 0.15) is 0 Å². The molecule has 0 saturated carbocycles. The molecule has 0 aromatic carbocycles. The first-order valence-corrected chi connectivity index (χ1v) is 8.88. The van der Waals surface area contributed by atoms with Gasteiger partial charge in [-0.05, 0) is 31.4 Å². The summed E-state index contributed by atoms with van der Waals surface area (Å²) in [6.07, 6.45) is 0. The minimum absolute atomic E-state index is 0.137. The third-order valence-corrected chi connectivity index (χ3v) is 6.56. The number of rotatable bonds is 5. The molecule has 0 radical (unpaired) electrons. The maximum atomic E-state index is 12.3. The lowest BCUT2D eigenvalue weighted by Gasteiger charge is -2.12. The van der Waals surface area contributed by atoms with Crippen molar-refractivity contribution < 1.29 is 13.5 Å². The van der Waals surface area contributed by atoms with E-state index in [0.717, 1.165) is 4.88 Å². The van der Waals surface area contributed by atoms with Gasteiger partial charge in [-0.2, -0.15) is 0 Å². The van der Waals surface area contributed by atoms with Crippen LogP contribution < -0.4 is 4.72 Å². The summed E-state index contributed by atoms with van der Waals surface area (Å²) in [4.78, 5) is 2.57. The topological polar surface area (TPSA) is 66.4 Å². The summed E-state index contributed by atoms with van der Waals surface area (Å²) < 4.78 is 27.3. The van der Waals surface area contributed by atoms with Crippen LogP contribution in [0.15, 0.2) is 28.5 Å². The van der Waals surface area contributed by atoms with E-state index in [2.05, 4.69) is 4.72 Å². The van der Waals surface area contributed by atoms with Crippen LogP contribution in [0.3, 0.4) is 0 Å². The first-order valence-electron chi connectivity index (χ1n) is 5.70. The maximum absolute atomic E-state index is 12.3. The lowest BCUT2D eigenvalue weighted by Crippen LogP contribution is -2.26. The SMILES string of the molecule is Cc1sc(CO)cc1S(=O)(=O)NC(C)c1cccs1. The van der Waals surface area contributed by atoms with E-state index in [1.54, 1.807) is 6.92 Å². The number of aliphatic hydroxyl groups excluding tert-OH is 1. The molecule has 0 fully saturated rings. The first kappa shape index (κ1) is 14.7. The van der Waals surface area contributed by atoms with Crippen molar-refractivity contribution in [1.29, 1.82) is 0 Å². The van der Waals surface area contributed by atoms with Gasteiger partial charge in [-0.3, -0.25) is 0 Å². The number of hydrogen-bond donors (Lipinski definition) is 2. The Balaban J connectivity index is 2.25. The largest absolute Gasteiger partial charge is 0.391 e. The number of nitrogens with one attached hydrogen (secondary N) is 1. The molecule has 2 heterocycles. The summed E-state index contributed by atoms with van der Waals surface area (Å²) in [5, 5.41) is 11.0. The predicted octanol–water partition coefficient (Wildman–Crippen LogP) is 2.65. The van der Waals surface area contributed by atoms with Crippen LogP contribution >= 0.6 is 22.7 Å². The van der Waals surface area contributed by atoms with Crippen LogP contribution in [0.5, 0.6) is 0 Å². The summed E-state index contributed by atoms with van der Waals surface area (Å²) in [5.41, 5.74) is 0. The van der Waals surface area contributed by atoms with Crippen LogP contribution in [0.2, 0.25) is 0 Å². The van der Waals surface area contributed by atoms with E-state index in [1.165, 1.54) is 28.7 Å². The Morgan fingerprint density at radius 2 is 2.21 bits per heavy atom. The van der Waals surface area contributed by atoms with Gasteiger partial charge in [-0.25, -0.2) is 13.1 Å². The summed E-state index contributed by atoms with van der Waals surface area (Å²) in [5.74, 6) is 0. The molecule has 2 aromatic heterocycles. The van der Waals surface area contributed by atoms with Crippen LogP contribution in [0.1, 0.15) is 27.6 Å². The van der Waals surface area contributed by atoms with Gasteiger partial charge in [0, 0.05) is 14.6 Å². The number of sulfonamides is 1. The molecular weight excluding hydrogens is 302 g/mol. The number of aryl methyl sites for hydroxylation is 1. The lowest BCUT2D eigenvalue weighted by atomic mass is 10.3. The van der Waals surface area contributed by atoms with Crippen molar-refractivity contribution in [3.63, 3.8) is 0 Å². The summed E-state index contributed by atoms with van der Waals surface area (Å²) in [6.45, 7) is 3.42. The fourth-order valence-electron chi connectivity index (χ4n) is 1.76. The molecule has 1 unspecified atom stereocenters. The summed E-state index contributed by atoms with van der Waals surface area (Å²) in [6, 6.07) is 5.06. The number of thiophene rings is 2. The molecule has 0 aliphatic carbocycles. The van der Waals surface area contributed by atoms with Crippen molar-refractivity contribution in [3.8, 4) is 0 Å². The molecule has 4 nitrogen and oxygen atoms in total. The van der Waals surface area contributed by atoms with Gasteiger partial charge >= 0.3 is 0 Å². The second-order valence-corrected chi connectivity index (χ2v) is 8.15. The van der Waals surface area contributed by atoms with E-state index >= 15 is 0 Å². The lowest BCUT2D eigenvalue weighted by molar-refractivity contribution is 0.285. The highest BCUT2D eigenvalue weighted by Crippen LogP contribution is 2.27. The predicted molar refractivity (Wildman–Crippen MR) is 78.0 cm³/mol. The van der Waals surface area contributed by atoms with Crippen LogP contribution in [-0.4, -0.2) is 13.5 Å².